The van der Waals surface area contributed by atoms with Crippen LogP contribution < -0.4 is 15.5 Å². The fourth-order valence-corrected chi connectivity index (χ4v) is 3.79. The molecule has 4 rings (SSSR count). The van der Waals surface area contributed by atoms with Crippen molar-refractivity contribution in [3.05, 3.63) is 68.4 Å². The summed E-state index contributed by atoms with van der Waals surface area (Å²) in [5.74, 6) is 1.11. The molecule has 0 amide bonds. The van der Waals surface area contributed by atoms with E-state index in [2.05, 4.69) is 67.8 Å². The summed E-state index contributed by atoms with van der Waals surface area (Å²) in [5, 5.41) is 22.1. The van der Waals surface area contributed by atoms with E-state index in [1.165, 1.54) is 13.3 Å². The maximum absolute atomic E-state index is 10.3. The smallest absolute Gasteiger partial charge is 0.257 e. The third-order valence-corrected chi connectivity index (χ3v) is 5.57. The molecule has 0 aliphatic rings. The van der Waals surface area contributed by atoms with Gasteiger partial charge in [0.1, 0.15) is 0 Å². The van der Waals surface area contributed by atoms with Crippen molar-refractivity contribution < 1.29 is 9.84 Å². The average Bonchev–Trinajstić information content (AvgIpc) is 3.15. The lowest BCUT2D eigenvalue weighted by Crippen LogP contribution is -2.11. The lowest BCUT2D eigenvalue weighted by molar-refractivity contribution is 0.373. The third-order valence-electron chi connectivity index (χ3n) is 4.58. The van der Waals surface area contributed by atoms with Crippen molar-refractivity contribution in [1.29, 1.82) is 0 Å². The Kier molecular flexibility index (Phi) is 7.08. The molecule has 0 aliphatic heterocycles. The average molecular weight is 588 g/mol. The van der Waals surface area contributed by atoms with E-state index in [9.17, 15) is 5.11 Å². The second-order valence-electron chi connectivity index (χ2n) is 7.17. The highest BCUT2D eigenvalue weighted by atomic mass is 79.9. The predicted octanol–water partition coefficient (Wildman–Crippen LogP) is 5.10. The Labute approximate surface area is 212 Å². The molecule has 0 aliphatic carbocycles. The number of aryl methyl sites for hydroxylation is 2. The number of halogens is 2. The van der Waals surface area contributed by atoms with E-state index >= 15 is 0 Å². The molecule has 2 aromatic heterocycles. The van der Waals surface area contributed by atoms with Crippen LogP contribution >= 0.6 is 31.9 Å². The number of phenols is 1. The molecule has 34 heavy (non-hydrogen) atoms. The van der Waals surface area contributed by atoms with Crippen molar-refractivity contribution in [2.24, 2.45) is 5.10 Å². The van der Waals surface area contributed by atoms with Gasteiger partial charge in [0, 0.05) is 25.9 Å². The van der Waals surface area contributed by atoms with Crippen molar-refractivity contribution in [3.8, 4) is 17.4 Å². The van der Waals surface area contributed by atoms with Crippen LogP contribution in [0.4, 0.5) is 17.6 Å². The molecule has 0 atom stereocenters. The normalized spacial score (nSPS) is 11.1. The summed E-state index contributed by atoms with van der Waals surface area (Å²) in [7, 11) is 1.48. The minimum atomic E-state index is -0.0344. The number of ether oxygens (including phenoxy) is 1. The SMILES string of the molecule is COc1cc(Br)cc(/C=N/Nc2nc(Nc3ccc(Br)cc3)nc(-n3nc(C)cc3C)n2)c1O. The molecule has 174 valence electrons. The molecule has 4 aromatic rings. The second-order valence-corrected chi connectivity index (χ2v) is 9.00. The summed E-state index contributed by atoms with van der Waals surface area (Å²) in [6.07, 6.45) is 1.44. The Morgan fingerprint density at radius 3 is 2.41 bits per heavy atom. The Balaban J connectivity index is 1.66. The molecule has 2 aromatic carbocycles. The Morgan fingerprint density at radius 2 is 1.74 bits per heavy atom. The molecule has 0 bridgehead atoms. The van der Waals surface area contributed by atoms with E-state index < -0.39 is 0 Å². The van der Waals surface area contributed by atoms with Gasteiger partial charge in [-0.25, -0.2) is 10.1 Å². The van der Waals surface area contributed by atoms with Gasteiger partial charge in [0.25, 0.3) is 5.95 Å². The molecular weight excluding hydrogens is 568 g/mol. The van der Waals surface area contributed by atoms with E-state index in [4.69, 9.17) is 4.74 Å². The van der Waals surface area contributed by atoms with Crippen molar-refractivity contribution >= 4 is 55.7 Å². The number of aromatic nitrogens is 5. The van der Waals surface area contributed by atoms with Crippen LogP contribution in [0, 0.1) is 13.8 Å². The third kappa shape index (κ3) is 5.51. The summed E-state index contributed by atoms with van der Waals surface area (Å²) in [5.41, 5.74) is 5.76. The zero-order valence-corrected chi connectivity index (χ0v) is 21.6. The molecule has 0 fully saturated rings. The van der Waals surface area contributed by atoms with Crippen molar-refractivity contribution in [2.45, 2.75) is 13.8 Å². The number of anilines is 3. The first-order chi connectivity index (χ1) is 16.3. The minimum Gasteiger partial charge on any atom is -0.504 e. The summed E-state index contributed by atoms with van der Waals surface area (Å²) in [4.78, 5) is 13.4. The van der Waals surface area contributed by atoms with Crippen LogP contribution in [0.25, 0.3) is 5.95 Å². The van der Waals surface area contributed by atoms with Crippen LogP contribution in [-0.2, 0) is 0 Å². The molecule has 2 heterocycles. The highest BCUT2D eigenvalue weighted by Crippen LogP contribution is 2.32. The maximum atomic E-state index is 10.3. The Bertz CT molecular complexity index is 1360. The van der Waals surface area contributed by atoms with E-state index in [1.807, 2.05) is 44.2 Å². The van der Waals surface area contributed by atoms with Gasteiger partial charge >= 0.3 is 0 Å². The standard InChI is InChI=1S/C22H20Br2N8O2/c1-12-8-13(2)32(31-12)22-28-20(26-17-6-4-15(23)5-7-17)27-21(29-22)30-25-11-14-9-16(24)10-18(34-3)19(14)33/h4-11,33H,1-3H3,(H2,26,27,28,29,30)/b25-11+. The van der Waals surface area contributed by atoms with Gasteiger partial charge < -0.3 is 15.2 Å². The number of nitrogens with one attached hydrogen (secondary N) is 2. The van der Waals surface area contributed by atoms with E-state index in [0.717, 1.165) is 26.0 Å². The topological polar surface area (TPSA) is 122 Å². The summed E-state index contributed by atoms with van der Waals surface area (Å²) in [6, 6.07) is 12.9. The first-order valence-corrected chi connectivity index (χ1v) is 11.6. The van der Waals surface area contributed by atoms with Crippen LogP contribution in [0.5, 0.6) is 11.5 Å². The fourth-order valence-electron chi connectivity index (χ4n) is 3.07. The Hall–Kier alpha value is -3.51. The molecule has 0 saturated carbocycles. The summed E-state index contributed by atoms with van der Waals surface area (Å²) < 4.78 is 8.49. The highest BCUT2D eigenvalue weighted by molar-refractivity contribution is 9.10. The lowest BCUT2D eigenvalue weighted by atomic mass is 10.2. The summed E-state index contributed by atoms with van der Waals surface area (Å²) in [6.45, 7) is 3.81. The number of benzene rings is 2. The number of methoxy groups -OCH3 is 1. The number of hydrogen-bond acceptors (Lipinski definition) is 9. The quantitative estimate of drug-likeness (QED) is 0.201. The zero-order chi connectivity index (χ0) is 24.2. The number of phenolic OH excluding ortho intramolecular Hbond substituents is 1. The first-order valence-electron chi connectivity index (χ1n) is 10.0. The largest absolute Gasteiger partial charge is 0.504 e. The number of hydrazone groups is 1. The van der Waals surface area contributed by atoms with Gasteiger partial charge in [0.05, 0.1) is 19.0 Å². The fraction of sp³-hybridized carbons (Fsp3) is 0.136. The molecule has 10 nitrogen and oxygen atoms in total. The molecule has 0 radical (unpaired) electrons. The number of aromatic hydroxyl groups is 1. The Morgan fingerprint density at radius 1 is 1.00 bits per heavy atom. The van der Waals surface area contributed by atoms with Crippen LogP contribution in [0.2, 0.25) is 0 Å². The minimum absolute atomic E-state index is 0.0344. The zero-order valence-electron chi connectivity index (χ0n) is 18.4. The number of hydrogen-bond donors (Lipinski definition) is 3. The van der Waals surface area contributed by atoms with Crippen molar-refractivity contribution in [3.63, 3.8) is 0 Å². The van der Waals surface area contributed by atoms with Gasteiger partial charge in [-0.05, 0) is 56.3 Å². The van der Waals surface area contributed by atoms with Gasteiger partial charge in [0.2, 0.25) is 11.9 Å². The molecule has 0 unspecified atom stereocenters. The van der Waals surface area contributed by atoms with Gasteiger partial charge in [-0.3, -0.25) is 0 Å². The van der Waals surface area contributed by atoms with Crippen molar-refractivity contribution in [1.82, 2.24) is 24.7 Å². The number of nitrogens with zero attached hydrogens (tertiary/aromatic N) is 6. The lowest BCUT2D eigenvalue weighted by Gasteiger charge is -2.10. The molecule has 3 N–H and O–H groups in total. The van der Waals surface area contributed by atoms with Gasteiger partial charge in [-0.1, -0.05) is 31.9 Å². The highest BCUT2D eigenvalue weighted by Gasteiger charge is 2.13. The molecule has 0 spiro atoms. The predicted molar refractivity (Wildman–Crippen MR) is 137 cm³/mol. The van der Waals surface area contributed by atoms with E-state index in [1.54, 1.807) is 16.8 Å². The van der Waals surface area contributed by atoms with Crippen LogP contribution in [-0.4, -0.2) is 43.2 Å². The van der Waals surface area contributed by atoms with Gasteiger partial charge in [0.15, 0.2) is 11.5 Å². The molecular formula is C22H20Br2N8O2. The molecule has 12 heteroatoms. The molecule has 0 saturated heterocycles. The van der Waals surface area contributed by atoms with Crippen LogP contribution in [0.15, 0.2) is 56.5 Å². The number of rotatable bonds is 7. The van der Waals surface area contributed by atoms with Gasteiger partial charge in [-0.2, -0.15) is 25.2 Å². The second kappa shape index (κ2) is 10.2. The maximum Gasteiger partial charge on any atom is 0.257 e. The van der Waals surface area contributed by atoms with E-state index in [0.29, 0.717) is 23.2 Å². The van der Waals surface area contributed by atoms with Gasteiger partial charge in [-0.15, -0.1) is 0 Å². The van der Waals surface area contributed by atoms with Crippen LogP contribution in [0.3, 0.4) is 0 Å². The monoisotopic (exact) mass is 586 g/mol. The van der Waals surface area contributed by atoms with E-state index in [-0.39, 0.29) is 11.7 Å². The van der Waals surface area contributed by atoms with Crippen LogP contribution in [0.1, 0.15) is 17.0 Å². The first kappa shape index (κ1) is 23.6. The summed E-state index contributed by atoms with van der Waals surface area (Å²) >= 11 is 6.81. The van der Waals surface area contributed by atoms with Crippen molar-refractivity contribution in [2.75, 3.05) is 17.9 Å².